The molecule has 0 aliphatic carbocycles. The van der Waals surface area contributed by atoms with Gasteiger partial charge in [-0.05, 0) is 50.5 Å². The molecule has 1 aliphatic heterocycles. The number of ether oxygens (including phenoxy) is 1. The Morgan fingerprint density at radius 1 is 1.21 bits per heavy atom. The maximum atomic E-state index is 12.6. The van der Waals surface area contributed by atoms with Gasteiger partial charge in [-0.25, -0.2) is 0 Å². The Hall–Kier alpha value is -2.49. The van der Waals surface area contributed by atoms with E-state index >= 15 is 0 Å². The molecular formula is C20H24N2O2. The predicted molar refractivity (Wildman–Crippen MR) is 97.8 cm³/mol. The molecule has 126 valence electrons. The van der Waals surface area contributed by atoms with Gasteiger partial charge in [0.1, 0.15) is 5.75 Å². The second-order valence-electron chi connectivity index (χ2n) is 6.12. The average molecular weight is 324 g/mol. The number of hydrogen-bond donors (Lipinski definition) is 1. The van der Waals surface area contributed by atoms with Crippen LogP contribution in [0.15, 0.2) is 48.5 Å². The molecule has 1 aliphatic rings. The van der Waals surface area contributed by atoms with Gasteiger partial charge in [-0.15, -0.1) is 0 Å². The third-order valence-electron chi connectivity index (χ3n) is 4.44. The molecule has 1 atom stereocenters. The van der Waals surface area contributed by atoms with E-state index < -0.39 is 0 Å². The SMILES string of the molecule is CCOc1ccccc1NC(=O)CN1c2ccccc2CC[C@@H]1C. The van der Waals surface area contributed by atoms with Crippen LogP contribution in [0.25, 0.3) is 0 Å². The van der Waals surface area contributed by atoms with Crippen molar-refractivity contribution in [2.45, 2.75) is 32.7 Å². The molecule has 0 saturated carbocycles. The topological polar surface area (TPSA) is 41.6 Å². The van der Waals surface area contributed by atoms with Crippen LogP contribution in [-0.4, -0.2) is 25.1 Å². The minimum Gasteiger partial charge on any atom is -0.492 e. The van der Waals surface area contributed by atoms with Gasteiger partial charge in [0.25, 0.3) is 0 Å². The monoisotopic (exact) mass is 324 g/mol. The fourth-order valence-electron chi connectivity index (χ4n) is 3.20. The van der Waals surface area contributed by atoms with Gasteiger partial charge in [-0.2, -0.15) is 0 Å². The molecule has 1 heterocycles. The average Bonchev–Trinajstić information content (AvgIpc) is 2.59. The van der Waals surface area contributed by atoms with Gasteiger partial charge in [0, 0.05) is 11.7 Å². The fourth-order valence-corrected chi connectivity index (χ4v) is 3.20. The largest absolute Gasteiger partial charge is 0.492 e. The molecule has 0 radical (unpaired) electrons. The van der Waals surface area contributed by atoms with E-state index in [0.29, 0.717) is 24.9 Å². The number of carbonyl (C=O) groups is 1. The number of nitrogens with one attached hydrogen (secondary N) is 1. The van der Waals surface area contributed by atoms with E-state index in [1.54, 1.807) is 0 Å². The number of amides is 1. The quantitative estimate of drug-likeness (QED) is 0.908. The van der Waals surface area contributed by atoms with Crippen molar-refractivity contribution in [2.75, 3.05) is 23.4 Å². The Morgan fingerprint density at radius 3 is 2.79 bits per heavy atom. The van der Waals surface area contributed by atoms with E-state index in [1.165, 1.54) is 11.3 Å². The molecule has 2 aromatic carbocycles. The minimum atomic E-state index is -0.0225. The van der Waals surface area contributed by atoms with Gasteiger partial charge in [0.2, 0.25) is 5.91 Å². The highest BCUT2D eigenvalue weighted by molar-refractivity contribution is 5.95. The second kappa shape index (κ2) is 7.39. The van der Waals surface area contributed by atoms with Crippen LogP contribution in [0, 0.1) is 0 Å². The molecule has 4 heteroatoms. The van der Waals surface area contributed by atoms with Gasteiger partial charge in [0.15, 0.2) is 0 Å². The lowest BCUT2D eigenvalue weighted by atomic mass is 9.96. The van der Waals surface area contributed by atoms with Gasteiger partial charge in [0.05, 0.1) is 18.8 Å². The first-order valence-corrected chi connectivity index (χ1v) is 8.55. The first-order chi connectivity index (χ1) is 11.7. The summed E-state index contributed by atoms with van der Waals surface area (Å²) in [6.45, 7) is 5.03. The van der Waals surface area contributed by atoms with Crippen molar-refractivity contribution in [3.63, 3.8) is 0 Å². The lowest BCUT2D eigenvalue weighted by Gasteiger charge is -2.36. The second-order valence-corrected chi connectivity index (χ2v) is 6.12. The summed E-state index contributed by atoms with van der Waals surface area (Å²) in [5.74, 6) is 0.686. The smallest absolute Gasteiger partial charge is 0.244 e. The third kappa shape index (κ3) is 3.53. The normalized spacial score (nSPS) is 16.4. The first-order valence-electron chi connectivity index (χ1n) is 8.55. The summed E-state index contributed by atoms with van der Waals surface area (Å²) in [6, 6.07) is 16.3. The number of benzene rings is 2. The highest BCUT2D eigenvalue weighted by Crippen LogP contribution is 2.30. The Labute approximate surface area is 143 Å². The van der Waals surface area contributed by atoms with Crippen LogP contribution in [0.5, 0.6) is 5.75 Å². The maximum Gasteiger partial charge on any atom is 0.244 e. The first kappa shape index (κ1) is 16.4. The molecule has 0 fully saturated rings. The summed E-state index contributed by atoms with van der Waals surface area (Å²) < 4.78 is 5.58. The van der Waals surface area contributed by atoms with Crippen LogP contribution < -0.4 is 15.0 Å². The standard InChI is InChI=1S/C20H24N2O2/c1-3-24-19-11-7-5-9-17(19)21-20(23)14-22-15(2)12-13-16-8-4-6-10-18(16)22/h4-11,15H,3,12-14H2,1-2H3,(H,21,23)/t15-/m0/s1. The number of nitrogens with zero attached hydrogens (tertiary/aromatic N) is 1. The zero-order valence-electron chi connectivity index (χ0n) is 14.3. The number of carbonyl (C=O) groups excluding carboxylic acids is 1. The highest BCUT2D eigenvalue weighted by Gasteiger charge is 2.24. The molecule has 3 rings (SSSR count). The van der Waals surface area contributed by atoms with Crippen molar-refractivity contribution >= 4 is 17.3 Å². The van der Waals surface area contributed by atoms with Crippen LogP contribution in [0.4, 0.5) is 11.4 Å². The summed E-state index contributed by atoms with van der Waals surface area (Å²) in [6.07, 6.45) is 2.14. The maximum absolute atomic E-state index is 12.6. The Kier molecular flexibility index (Phi) is 5.04. The van der Waals surface area contributed by atoms with Crippen molar-refractivity contribution in [2.24, 2.45) is 0 Å². The summed E-state index contributed by atoms with van der Waals surface area (Å²) in [5.41, 5.74) is 3.21. The number of hydrogen-bond acceptors (Lipinski definition) is 3. The number of fused-ring (bicyclic) bond motifs is 1. The zero-order chi connectivity index (χ0) is 16.9. The molecule has 1 amide bonds. The van der Waals surface area contributed by atoms with Crippen LogP contribution in [0.3, 0.4) is 0 Å². The molecule has 0 unspecified atom stereocenters. The van der Waals surface area contributed by atoms with Gasteiger partial charge in [-0.3, -0.25) is 4.79 Å². The van der Waals surface area contributed by atoms with E-state index in [1.807, 2.05) is 37.3 Å². The van der Waals surface area contributed by atoms with E-state index in [4.69, 9.17) is 4.74 Å². The Bertz CT molecular complexity index is 714. The summed E-state index contributed by atoms with van der Waals surface area (Å²) >= 11 is 0. The molecule has 0 aromatic heterocycles. The van der Waals surface area contributed by atoms with E-state index in [0.717, 1.165) is 18.5 Å². The van der Waals surface area contributed by atoms with E-state index in [2.05, 4.69) is 35.3 Å². The minimum absolute atomic E-state index is 0.0225. The van der Waals surface area contributed by atoms with Crippen molar-refractivity contribution in [3.05, 3.63) is 54.1 Å². The van der Waals surface area contributed by atoms with Crippen LogP contribution in [0.2, 0.25) is 0 Å². The number of aryl methyl sites for hydroxylation is 1. The Morgan fingerprint density at radius 2 is 1.96 bits per heavy atom. The molecule has 4 nitrogen and oxygen atoms in total. The Balaban J connectivity index is 1.74. The van der Waals surface area contributed by atoms with Crippen LogP contribution >= 0.6 is 0 Å². The fraction of sp³-hybridized carbons (Fsp3) is 0.350. The van der Waals surface area contributed by atoms with Crippen LogP contribution in [-0.2, 0) is 11.2 Å². The molecular weight excluding hydrogens is 300 g/mol. The number of para-hydroxylation sites is 3. The summed E-state index contributed by atoms with van der Waals surface area (Å²) in [4.78, 5) is 14.8. The van der Waals surface area contributed by atoms with Gasteiger partial charge < -0.3 is 15.0 Å². The van der Waals surface area contributed by atoms with Crippen LogP contribution in [0.1, 0.15) is 25.8 Å². The van der Waals surface area contributed by atoms with E-state index in [-0.39, 0.29) is 5.91 Å². The summed E-state index contributed by atoms with van der Waals surface area (Å²) in [5, 5.41) is 2.99. The van der Waals surface area contributed by atoms with Crippen molar-refractivity contribution in [1.82, 2.24) is 0 Å². The van der Waals surface area contributed by atoms with Crippen molar-refractivity contribution < 1.29 is 9.53 Å². The molecule has 2 aromatic rings. The zero-order valence-corrected chi connectivity index (χ0v) is 14.3. The molecule has 24 heavy (non-hydrogen) atoms. The highest BCUT2D eigenvalue weighted by atomic mass is 16.5. The van der Waals surface area contributed by atoms with Crippen molar-refractivity contribution in [1.29, 1.82) is 0 Å². The number of rotatable bonds is 5. The molecule has 0 bridgehead atoms. The predicted octanol–water partition coefficient (Wildman–Crippen LogP) is 3.87. The molecule has 1 N–H and O–H groups in total. The van der Waals surface area contributed by atoms with Gasteiger partial charge >= 0.3 is 0 Å². The van der Waals surface area contributed by atoms with Gasteiger partial charge in [-0.1, -0.05) is 30.3 Å². The summed E-state index contributed by atoms with van der Waals surface area (Å²) in [7, 11) is 0. The third-order valence-corrected chi connectivity index (χ3v) is 4.44. The van der Waals surface area contributed by atoms with Crippen molar-refractivity contribution in [3.8, 4) is 5.75 Å². The lowest BCUT2D eigenvalue weighted by Crippen LogP contribution is -2.42. The lowest BCUT2D eigenvalue weighted by molar-refractivity contribution is -0.115. The molecule has 0 saturated heterocycles. The number of anilines is 2. The molecule has 0 spiro atoms. The van der Waals surface area contributed by atoms with E-state index in [9.17, 15) is 4.79 Å².